The van der Waals surface area contributed by atoms with Crippen LogP contribution in [0.5, 0.6) is 5.75 Å². The summed E-state index contributed by atoms with van der Waals surface area (Å²) in [7, 11) is 0. The van der Waals surface area contributed by atoms with E-state index in [0.717, 1.165) is 38.2 Å². The Kier molecular flexibility index (Phi) is 5.83. The van der Waals surface area contributed by atoms with Gasteiger partial charge in [-0.25, -0.2) is 0 Å². The molecule has 4 heteroatoms. The summed E-state index contributed by atoms with van der Waals surface area (Å²) in [6.45, 7) is 5.86. The van der Waals surface area contributed by atoms with Crippen LogP contribution in [0, 0.1) is 5.92 Å². The Bertz CT molecular complexity index is 394. The van der Waals surface area contributed by atoms with Crippen LogP contribution in [0.25, 0.3) is 0 Å². The molecule has 1 aliphatic heterocycles. The van der Waals surface area contributed by atoms with Crippen molar-refractivity contribution < 1.29 is 9.47 Å². The van der Waals surface area contributed by atoms with Crippen molar-refractivity contribution in [3.8, 4) is 5.75 Å². The normalized spacial score (nSPS) is 23.8. The van der Waals surface area contributed by atoms with Crippen LogP contribution in [-0.2, 0) is 4.74 Å². The molecule has 2 rings (SSSR count). The highest BCUT2D eigenvalue weighted by Crippen LogP contribution is 2.34. The molecule has 0 bridgehead atoms. The van der Waals surface area contributed by atoms with Crippen molar-refractivity contribution in [3.05, 3.63) is 29.8 Å². The first-order chi connectivity index (χ1) is 9.80. The molecule has 3 N–H and O–H groups in total. The fourth-order valence-electron chi connectivity index (χ4n) is 2.93. The van der Waals surface area contributed by atoms with Gasteiger partial charge < -0.3 is 9.47 Å². The number of rotatable bonds is 7. The lowest BCUT2D eigenvalue weighted by Gasteiger charge is -2.27. The summed E-state index contributed by atoms with van der Waals surface area (Å²) in [4.78, 5) is 0. The molecule has 3 atom stereocenters. The minimum Gasteiger partial charge on any atom is -0.494 e. The third-order valence-electron chi connectivity index (χ3n) is 3.98. The van der Waals surface area contributed by atoms with Gasteiger partial charge in [-0.15, -0.1) is 0 Å². The molecule has 1 heterocycles. The second-order valence-corrected chi connectivity index (χ2v) is 5.33. The zero-order valence-electron chi connectivity index (χ0n) is 12.5. The summed E-state index contributed by atoms with van der Waals surface area (Å²) in [5.41, 5.74) is 4.17. The van der Waals surface area contributed by atoms with Crippen molar-refractivity contribution in [2.75, 3.05) is 13.2 Å². The van der Waals surface area contributed by atoms with Gasteiger partial charge in [-0.05, 0) is 37.0 Å². The van der Waals surface area contributed by atoms with Crippen LogP contribution >= 0.6 is 0 Å². The zero-order valence-corrected chi connectivity index (χ0v) is 12.5. The van der Waals surface area contributed by atoms with E-state index in [9.17, 15) is 0 Å². The van der Waals surface area contributed by atoms with Crippen molar-refractivity contribution in [1.82, 2.24) is 5.43 Å². The molecule has 0 aliphatic carbocycles. The lowest BCUT2D eigenvalue weighted by Crippen LogP contribution is -2.36. The maximum Gasteiger partial charge on any atom is 0.119 e. The van der Waals surface area contributed by atoms with Gasteiger partial charge in [0.1, 0.15) is 5.75 Å². The minimum atomic E-state index is 0.141. The average molecular weight is 278 g/mol. The van der Waals surface area contributed by atoms with Crippen LogP contribution in [-0.4, -0.2) is 19.3 Å². The summed E-state index contributed by atoms with van der Waals surface area (Å²) >= 11 is 0. The number of nitrogens with one attached hydrogen (secondary N) is 1. The smallest absolute Gasteiger partial charge is 0.119 e. The SMILES string of the molecule is CCCOc1ccc(C(NN)C2CCOC2CC)cc1. The Labute approximate surface area is 121 Å². The van der Waals surface area contributed by atoms with Crippen molar-refractivity contribution in [1.29, 1.82) is 0 Å². The molecule has 1 aliphatic rings. The molecule has 0 aromatic heterocycles. The van der Waals surface area contributed by atoms with Gasteiger partial charge in [0.25, 0.3) is 0 Å². The molecule has 0 radical (unpaired) electrons. The molecule has 0 saturated carbocycles. The molecule has 1 saturated heterocycles. The van der Waals surface area contributed by atoms with Crippen LogP contribution < -0.4 is 16.0 Å². The molecule has 1 aromatic carbocycles. The molecule has 1 aromatic rings. The van der Waals surface area contributed by atoms with Crippen molar-refractivity contribution >= 4 is 0 Å². The second kappa shape index (κ2) is 7.62. The molecule has 1 fully saturated rings. The predicted octanol–water partition coefficient (Wildman–Crippen LogP) is 2.79. The second-order valence-electron chi connectivity index (χ2n) is 5.33. The molecular weight excluding hydrogens is 252 g/mol. The van der Waals surface area contributed by atoms with Crippen LogP contribution in [0.2, 0.25) is 0 Å². The van der Waals surface area contributed by atoms with E-state index < -0.39 is 0 Å². The van der Waals surface area contributed by atoms with Crippen molar-refractivity contribution in [3.63, 3.8) is 0 Å². The summed E-state index contributed by atoms with van der Waals surface area (Å²) in [5.74, 6) is 7.14. The van der Waals surface area contributed by atoms with Gasteiger partial charge in [-0.1, -0.05) is 26.0 Å². The quantitative estimate of drug-likeness (QED) is 0.595. The molecule has 0 amide bonds. The van der Waals surface area contributed by atoms with Gasteiger partial charge >= 0.3 is 0 Å². The lowest BCUT2D eigenvalue weighted by molar-refractivity contribution is 0.0774. The van der Waals surface area contributed by atoms with Crippen LogP contribution in [0.15, 0.2) is 24.3 Å². The first-order valence-electron chi connectivity index (χ1n) is 7.60. The molecule has 20 heavy (non-hydrogen) atoms. The van der Waals surface area contributed by atoms with Gasteiger partial charge in [0.2, 0.25) is 0 Å². The largest absolute Gasteiger partial charge is 0.494 e. The fraction of sp³-hybridized carbons (Fsp3) is 0.625. The van der Waals surface area contributed by atoms with Crippen molar-refractivity contribution in [2.24, 2.45) is 11.8 Å². The van der Waals surface area contributed by atoms with E-state index in [0.29, 0.717) is 12.0 Å². The lowest BCUT2D eigenvalue weighted by atomic mass is 9.87. The maximum absolute atomic E-state index is 5.78. The molecular formula is C16H26N2O2. The zero-order chi connectivity index (χ0) is 14.4. The first-order valence-corrected chi connectivity index (χ1v) is 7.60. The fourth-order valence-corrected chi connectivity index (χ4v) is 2.93. The highest BCUT2D eigenvalue weighted by molar-refractivity contribution is 5.29. The van der Waals surface area contributed by atoms with Gasteiger partial charge in [-0.2, -0.15) is 0 Å². The number of ether oxygens (including phenoxy) is 2. The number of hydrazine groups is 1. The maximum atomic E-state index is 5.78. The summed E-state index contributed by atoms with van der Waals surface area (Å²) in [6, 6.07) is 8.38. The third-order valence-corrected chi connectivity index (χ3v) is 3.98. The Balaban J connectivity index is 2.07. The van der Waals surface area contributed by atoms with E-state index in [2.05, 4.69) is 31.4 Å². The highest BCUT2D eigenvalue weighted by Gasteiger charge is 2.33. The van der Waals surface area contributed by atoms with Gasteiger partial charge in [0, 0.05) is 12.5 Å². The monoisotopic (exact) mass is 278 g/mol. The number of benzene rings is 1. The average Bonchev–Trinajstić information content (AvgIpc) is 2.95. The van der Waals surface area contributed by atoms with E-state index >= 15 is 0 Å². The molecule has 4 nitrogen and oxygen atoms in total. The van der Waals surface area contributed by atoms with E-state index in [1.807, 2.05) is 12.1 Å². The molecule has 112 valence electrons. The Morgan fingerprint density at radius 1 is 1.35 bits per heavy atom. The summed E-state index contributed by atoms with van der Waals surface area (Å²) in [5, 5.41) is 0. The van der Waals surface area contributed by atoms with Crippen molar-refractivity contribution in [2.45, 2.75) is 45.3 Å². The number of hydrogen-bond acceptors (Lipinski definition) is 4. The van der Waals surface area contributed by atoms with Gasteiger partial charge in [0.15, 0.2) is 0 Å². The Hall–Kier alpha value is -1.10. The first kappa shape index (κ1) is 15.3. The highest BCUT2D eigenvalue weighted by atomic mass is 16.5. The number of hydrogen-bond donors (Lipinski definition) is 2. The van der Waals surface area contributed by atoms with Crippen LogP contribution in [0.1, 0.15) is 44.7 Å². The topological polar surface area (TPSA) is 56.5 Å². The minimum absolute atomic E-state index is 0.141. The van der Waals surface area contributed by atoms with Gasteiger partial charge in [-0.3, -0.25) is 11.3 Å². The Morgan fingerprint density at radius 3 is 2.70 bits per heavy atom. The van der Waals surface area contributed by atoms with Gasteiger partial charge in [0.05, 0.1) is 18.8 Å². The van der Waals surface area contributed by atoms with E-state index in [-0.39, 0.29) is 6.04 Å². The van der Waals surface area contributed by atoms with Crippen LogP contribution in [0.3, 0.4) is 0 Å². The van der Waals surface area contributed by atoms with E-state index in [1.54, 1.807) is 0 Å². The van der Waals surface area contributed by atoms with E-state index in [1.165, 1.54) is 5.56 Å². The summed E-state index contributed by atoms with van der Waals surface area (Å²) < 4.78 is 11.4. The summed E-state index contributed by atoms with van der Waals surface area (Å²) in [6.07, 6.45) is 3.40. The van der Waals surface area contributed by atoms with Crippen LogP contribution in [0.4, 0.5) is 0 Å². The Morgan fingerprint density at radius 2 is 2.10 bits per heavy atom. The third kappa shape index (κ3) is 3.51. The predicted molar refractivity (Wildman–Crippen MR) is 80.4 cm³/mol. The molecule has 0 spiro atoms. The standard InChI is InChI=1S/C16H26N2O2/c1-3-10-19-13-7-5-12(6-8-13)16(18-17)14-9-11-20-15(14)4-2/h5-8,14-16,18H,3-4,9-11,17H2,1-2H3. The molecule has 3 unspecified atom stereocenters. The van der Waals surface area contributed by atoms with E-state index in [4.69, 9.17) is 15.3 Å². The number of nitrogens with two attached hydrogens (primary N) is 1.